The topological polar surface area (TPSA) is 52.6 Å². The van der Waals surface area contributed by atoms with Crippen LogP contribution in [0.15, 0.2) is 53.4 Å². The zero-order chi connectivity index (χ0) is 16.4. The van der Waals surface area contributed by atoms with Crippen molar-refractivity contribution < 1.29 is 9.90 Å². The molecular formula is C17H14N2O2S2. The molecule has 0 radical (unpaired) electrons. The third-order valence-electron chi connectivity index (χ3n) is 3.31. The van der Waals surface area contributed by atoms with Gasteiger partial charge in [-0.2, -0.15) is 0 Å². The van der Waals surface area contributed by atoms with Gasteiger partial charge in [0, 0.05) is 5.56 Å². The van der Waals surface area contributed by atoms with Crippen LogP contribution in [0.1, 0.15) is 11.1 Å². The Bertz CT molecular complexity index is 800. The lowest BCUT2D eigenvalue weighted by atomic mass is 10.2. The number of benzene rings is 2. The normalized spacial score (nSPS) is 16.2. The summed E-state index contributed by atoms with van der Waals surface area (Å²) in [4.78, 5) is 13.0. The molecule has 3 rings (SSSR count). The maximum absolute atomic E-state index is 12.5. The molecule has 0 bridgehead atoms. The van der Waals surface area contributed by atoms with Crippen molar-refractivity contribution in [3.63, 3.8) is 0 Å². The Morgan fingerprint density at radius 2 is 1.87 bits per heavy atom. The second-order valence-electron chi connectivity index (χ2n) is 5.05. The van der Waals surface area contributed by atoms with Crippen molar-refractivity contribution in [3.05, 3.63) is 64.6 Å². The molecule has 23 heavy (non-hydrogen) atoms. The zero-order valence-electron chi connectivity index (χ0n) is 12.3. The van der Waals surface area contributed by atoms with Crippen molar-refractivity contribution in [2.75, 3.05) is 5.43 Å². The molecule has 6 heteroatoms. The SMILES string of the molecule is Cc1ccc(NN2C(=O)/C(=C\c3ccccc3O)SC2=S)cc1. The molecule has 0 aliphatic carbocycles. The summed E-state index contributed by atoms with van der Waals surface area (Å²) in [7, 11) is 0. The summed E-state index contributed by atoms with van der Waals surface area (Å²) < 4.78 is 0.428. The van der Waals surface area contributed by atoms with E-state index >= 15 is 0 Å². The standard InChI is InChI=1S/C17H14N2O2S2/c1-11-6-8-13(9-7-11)18-19-16(21)15(23-17(19)22)10-12-4-2-3-5-14(12)20/h2-10,18,20H,1H3/b15-10+. The number of amides is 1. The van der Waals surface area contributed by atoms with Crippen molar-refractivity contribution in [2.24, 2.45) is 0 Å². The van der Waals surface area contributed by atoms with Crippen LogP contribution < -0.4 is 5.43 Å². The van der Waals surface area contributed by atoms with E-state index in [-0.39, 0.29) is 11.7 Å². The number of para-hydroxylation sites is 1. The predicted octanol–water partition coefficient (Wildman–Crippen LogP) is 3.93. The van der Waals surface area contributed by atoms with Crippen LogP contribution in [0.25, 0.3) is 6.08 Å². The molecule has 0 unspecified atom stereocenters. The van der Waals surface area contributed by atoms with Gasteiger partial charge in [-0.1, -0.05) is 47.7 Å². The summed E-state index contributed by atoms with van der Waals surface area (Å²) in [5.74, 6) is -0.104. The minimum Gasteiger partial charge on any atom is -0.507 e. The predicted molar refractivity (Wildman–Crippen MR) is 97.9 cm³/mol. The Morgan fingerprint density at radius 3 is 2.57 bits per heavy atom. The Morgan fingerprint density at radius 1 is 1.17 bits per heavy atom. The molecule has 116 valence electrons. The highest BCUT2D eigenvalue weighted by Crippen LogP contribution is 2.34. The van der Waals surface area contributed by atoms with E-state index in [1.807, 2.05) is 31.2 Å². The van der Waals surface area contributed by atoms with E-state index in [0.717, 1.165) is 11.3 Å². The summed E-state index contributed by atoms with van der Waals surface area (Å²) >= 11 is 6.47. The van der Waals surface area contributed by atoms with E-state index in [0.29, 0.717) is 14.8 Å². The molecule has 2 aromatic carbocycles. The van der Waals surface area contributed by atoms with E-state index in [1.54, 1.807) is 30.3 Å². The van der Waals surface area contributed by atoms with Gasteiger partial charge < -0.3 is 5.11 Å². The number of hydrazine groups is 1. The van der Waals surface area contributed by atoms with Gasteiger partial charge in [0.15, 0.2) is 4.32 Å². The third-order valence-corrected chi connectivity index (χ3v) is 4.61. The molecule has 4 nitrogen and oxygen atoms in total. The van der Waals surface area contributed by atoms with E-state index in [2.05, 4.69) is 5.43 Å². The number of hydrogen-bond donors (Lipinski definition) is 2. The highest BCUT2D eigenvalue weighted by molar-refractivity contribution is 8.26. The summed E-state index contributed by atoms with van der Waals surface area (Å²) in [6.07, 6.45) is 1.64. The van der Waals surface area contributed by atoms with E-state index in [4.69, 9.17) is 12.2 Å². The molecule has 1 aliphatic heterocycles. The van der Waals surface area contributed by atoms with Gasteiger partial charge in [-0.3, -0.25) is 10.2 Å². The molecule has 2 N–H and O–H groups in total. The number of phenols is 1. The van der Waals surface area contributed by atoms with Crippen LogP contribution in [0.4, 0.5) is 5.69 Å². The first kappa shape index (κ1) is 15.6. The second kappa shape index (κ2) is 6.44. The van der Waals surface area contributed by atoms with Gasteiger partial charge in [0.25, 0.3) is 5.91 Å². The van der Waals surface area contributed by atoms with Crippen LogP contribution in [-0.4, -0.2) is 20.3 Å². The number of thioether (sulfide) groups is 1. The molecule has 1 amide bonds. The van der Waals surface area contributed by atoms with Crippen molar-refractivity contribution in [2.45, 2.75) is 6.92 Å². The van der Waals surface area contributed by atoms with Crippen LogP contribution in [0.2, 0.25) is 0 Å². The lowest BCUT2D eigenvalue weighted by molar-refractivity contribution is -0.121. The average molecular weight is 342 g/mol. The van der Waals surface area contributed by atoms with Gasteiger partial charge in [0.1, 0.15) is 5.75 Å². The van der Waals surface area contributed by atoms with Gasteiger partial charge in [0.2, 0.25) is 0 Å². The van der Waals surface area contributed by atoms with Crippen LogP contribution in [-0.2, 0) is 4.79 Å². The molecular weight excluding hydrogens is 328 g/mol. The van der Waals surface area contributed by atoms with Crippen LogP contribution in [0.5, 0.6) is 5.75 Å². The average Bonchev–Trinajstić information content (AvgIpc) is 2.79. The highest BCUT2D eigenvalue weighted by Gasteiger charge is 2.32. The molecule has 1 saturated heterocycles. The number of carbonyl (C=O) groups is 1. The molecule has 1 aliphatic rings. The van der Waals surface area contributed by atoms with Gasteiger partial charge in [-0.25, -0.2) is 5.01 Å². The molecule has 1 fully saturated rings. The summed E-state index contributed by atoms with van der Waals surface area (Å²) in [5.41, 5.74) is 5.53. The molecule has 1 heterocycles. The smallest absolute Gasteiger partial charge is 0.285 e. The van der Waals surface area contributed by atoms with Gasteiger partial charge >= 0.3 is 0 Å². The number of phenolic OH excluding ortho intramolecular Hbond substituents is 1. The fraction of sp³-hybridized carbons (Fsp3) is 0.0588. The summed E-state index contributed by atoms with van der Waals surface area (Å²) in [5, 5.41) is 11.2. The van der Waals surface area contributed by atoms with Crippen molar-refractivity contribution in [1.29, 1.82) is 0 Å². The molecule has 0 aromatic heterocycles. The number of rotatable bonds is 3. The number of aryl methyl sites for hydroxylation is 1. The fourth-order valence-electron chi connectivity index (χ4n) is 2.07. The minimum absolute atomic E-state index is 0.129. The zero-order valence-corrected chi connectivity index (χ0v) is 13.9. The Balaban J connectivity index is 1.82. The Hall–Kier alpha value is -2.31. The lowest BCUT2D eigenvalue weighted by Crippen LogP contribution is -2.33. The van der Waals surface area contributed by atoms with Crippen LogP contribution in [0.3, 0.4) is 0 Å². The van der Waals surface area contributed by atoms with Gasteiger partial charge in [0.05, 0.1) is 10.6 Å². The monoisotopic (exact) mass is 342 g/mol. The van der Waals surface area contributed by atoms with Crippen molar-refractivity contribution >= 4 is 46.0 Å². The van der Waals surface area contributed by atoms with E-state index in [9.17, 15) is 9.90 Å². The lowest BCUT2D eigenvalue weighted by Gasteiger charge is -2.17. The third kappa shape index (κ3) is 3.38. The number of thiocarbonyl (C=S) groups is 1. The first-order valence-corrected chi connectivity index (χ1v) is 8.16. The van der Waals surface area contributed by atoms with Crippen LogP contribution in [0, 0.1) is 6.92 Å². The van der Waals surface area contributed by atoms with Gasteiger partial charge in [-0.15, -0.1) is 0 Å². The Kier molecular flexibility index (Phi) is 4.36. The number of nitrogens with zero attached hydrogens (tertiary/aromatic N) is 1. The number of hydrogen-bond acceptors (Lipinski definition) is 5. The fourth-order valence-corrected chi connectivity index (χ4v) is 3.24. The quantitative estimate of drug-likeness (QED) is 0.654. The maximum atomic E-state index is 12.5. The highest BCUT2D eigenvalue weighted by atomic mass is 32.2. The minimum atomic E-state index is -0.233. The van der Waals surface area contributed by atoms with Gasteiger partial charge in [-0.05, 0) is 43.4 Å². The number of carbonyl (C=O) groups excluding carboxylic acids is 1. The first-order valence-electron chi connectivity index (χ1n) is 6.94. The molecule has 0 atom stereocenters. The number of nitrogens with one attached hydrogen (secondary N) is 1. The van der Waals surface area contributed by atoms with E-state index < -0.39 is 0 Å². The Labute approximate surface area is 143 Å². The number of aromatic hydroxyl groups is 1. The molecule has 2 aromatic rings. The first-order chi connectivity index (χ1) is 11.0. The number of anilines is 1. The van der Waals surface area contributed by atoms with E-state index in [1.165, 1.54) is 16.8 Å². The summed E-state index contributed by atoms with van der Waals surface area (Å²) in [6.45, 7) is 2.00. The van der Waals surface area contributed by atoms with Crippen LogP contribution >= 0.6 is 24.0 Å². The molecule has 0 spiro atoms. The van der Waals surface area contributed by atoms with Crippen molar-refractivity contribution in [1.82, 2.24) is 5.01 Å². The molecule has 0 saturated carbocycles. The van der Waals surface area contributed by atoms with Crippen molar-refractivity contribution in [3.8, 4) is 5.75 Å². The second-order valence-corrected chi connectivity index (χ2v) is 6.73. The maximum Gasteiger partial charge on any atom is 0.285 e. The summed E-state index contributed by atoms with van der Waals surface area (Å²) in [6, 6.07) is 14.6. The largest absolute Gasteiger partial charge is 0.507 e.